The van der Waals surface area contributed by atoms with Crippen molar-refractivity contribution in [2.45, 2.75) is 71.8 Å². The summed E-state index contributed by atoms with van der Waals surface area (Å²) >= 11 is 0. The maximum atomic E-state index is 12.0. The van der Waals surface area contributed by atoms with E-state index < -0.39 is 11.6 Å². The summed E-state index contributed by atoms with van der Waals surface area (Å²) in [5.41, 5.74) is -0.917. The van der Waals surface area contributed by atoms with Crippen molar-refractivity contribution in [1.29, 1.82) is 0 Å². The van der Waals surface area contributed by atoms with E-state index in [4.69, 9.17) is 4.74 Å². The molecule has 1 atom stereocenters. The predicted octanol–water partition coefficient (Wildman–Crippen LogP) is 3.30. The van der Waals surface area contributed by atoms with Crippen LogP contribution >= 0.6 is 0 Å². The van der Waals surface area contributed by atoms with Crippen molar-refractivity contribution in [3.63, 3.8) is 0 Å². The van der Waals surface area contributed by atoms with E-state index in [1.165, 1.54) is 0 Å². The Kier molecular flexibility index (Phi) is 5.20. The van der Waals surface area contributed by atoms with Gasteiger partial charge in [-0.3, -0.25) is 0 Å². The van der Waals surface area contributed by atoms with Crippen molar-refractivity contribution in [3.05, 3.63) is 0 Å². The lowest BCUT2D eigenvalue weighted by molar-refractivity contribution is -0.175. The van der Waals surface area contributed by atoms with Gasteiger partial charge in [0, 0.05) is 0 Å². The third kappa shape index (κ3) is 3.47. The third-order valence-electron chi connectivity index (χ3n) is 4.27. The van der Waals surface area contributed by atoms with Gasteiger partial charge in [-0.05, 0) is 50.4 Å². The number of rotatable bonds is 5. The Labute approximate surface area is 111 Å². The molecule has 1 unspecified atom stereocenters. The molecular weight excluding hydrogens is 228 g/mol. The van der Waals surface area contributed by atoms with Crippen LogP contribution in [0.4, 0.5) is 0 Å². The average Bonchev–Trinajstić information content (AvgIpc) is 2.29. The summed E-state index contributed by atoms with van der Waals surface area (Å²) in [5.74, 6) is -0.360. The van der Waals surface area contributed by atoms with Crippen LogP contribution in [0.1, 0.15) is 66.2 Å². The van der Waals surface area contributed by atoms with Gasteiger partial charge in [-0.25, -0.2) is 4.79 Å². The Balaban J connectivity index is 2.76. The van der Waals surface area contributed by atoms with Crippen molar-refractivity contribution in [2.75, 3.05) is 6.61 Å². The fourth-order valence-corrected chi connectivity index (χ4v) is 2.99. The Morgan fingerprint density at radius 1 is 1.33 bits per heavy atom. The van der Waals surface area contributed by atoms with Crippen LogP contribution in [0.3, 0.4) is 0 Å². The van der Waals surface area contributed by atoms with E-state index in [9.17, 15) is 9.90 Å². The second kappa shape index (κ2) is 6.05. The first-order valence-electron chi connectivity index (χ1n) is 7.25. The lowest BCUT2D eigenvalue weighted by Crippen LogP contribution is -2.48. The summed E-state index contributed by atoms with van der Waals surface area (Å²) in [5, 5.41) is 10.7. The van der Waals surface area contributed by atoms with Crippen LogP contribution in [0.15, 0.2) is 0 Å². The van der Waals surface area contributed by atoms with Gasteiger partial charge < -0.3 is 9.84 Å². The number of carbonyl (C=O) groups excluding carboxylic acids is 1. The minimum atomic E-state index is -1.26. The Bertz CT molecular complexity index is 275. The molecule has 0 saturated heterocycles. The van der Waals surface area contributed by atoms with E-state index in [1.807, 2.05) is 6.92 Å². The van der Waals surface area contributed by atoms with Gasteiger partial charge in [0.15, 0.2) is 5.60 Å². The maximum Gasteiger partial charge on any atom is 0.338 e. The molecule has 1 rings (SSSR count). The molecule has 0 aromatic rings. The quantitative estimate of drug-likeness (QED) is 0.768. The zero-order chi connectivity index (χ0) is 13.8. The highest BCUT2D eigenvalue weighted by Gasteiger charge is 2.46. The van der Waals surface area contributed by atoms with E-state index in [0.717, 1.165) is 32.1 Å². The molecule has 3 heteroatoms. The van der Waals surface area contributed by atoms with Crippen LogP contribution in [0, 0.1) is 11.3 Å². The van der Waals surface area contributed by atoms with Crippen molar-refractivity contribution < 1.29 is 14.6 Å². The van der Waals surface area contributed by atoms with Gasteiger partial charge in [-0.1, -0.05) is 27.2 Å². The highest BCUT2D eigenvalue weighted by Crippen LogP contribution is 2.43. The second-order valence-electron chi connectivity index (χ2n) is 6.33. The van der Waals surface area contributed by atoms with Gasteiger partial charge in [-0.15, -0.1) is 0 Å². The molecule has 0 radical (unpaired) electrons. The maximum absolute atomic E-state index is 12.0. The third-order valence-corrected chi connectivity index (χ3v) is 4.27. The fraction of sp³-hybridized carbons (Fsp3) is 0.933. The molecule has 0 aliphatic heterocycles. The van der Waals surface area contributed by atoms with Gasteiger partial charge >= 0.3 is 5.97 Å². The average molecular weight is 256 g/mol. The van der Waals surface area contributed by atoms with E-state index >= 15 is 0 Å². The van der Waals surface area contributed by atoms with Crippen LogP contribution < -0.4 is 0 Å². The molecule has 1 fully saturated rings. The molecule has 3 nitrogen and oxygen atoms in total. The van der Waals surface area contributed by atoms with E-state index in [-0.39, 0.29) is 5.92 Å². The predicted molar refractivity (Wildman–Crippen MR) is 72.2 cm³/mol. The first kappa shape index (κ1) is 15.5. The highest BCUT2D eigenvalue weighted by molar-refractivity contribution is 5.79. The number of aliphatic hydroxyl groups is 1. The van der Waals surface area contributed by atoms with Crippen LogP contribution in [0.2, 0.25) is 0 Å². The SMILES string of the molecule is CCCC(O)(C(=O)OCC)C1CCC(C)(C)CC1. The topological polar surface area (TPSA) is 46.5 Å². The number of esters is 1. The van der Waals surface area contributed by atoms with Crippen molar-refractivity contribution in [1.82, 2.24) is 0 Å². The minimum Gasteiger partial charge on any atom is -0.464 e. The van der Waals surface area contributed by atoms with Crippen LogP contribution in [0.5, 0.6) is 0 Å². The first-order valence-corrected chi connectivity index (χ1v) is 7.25. The van der Waals surface area contributed by atoms with Crippen LogP contribution in [-0.4, -0.2) is 23.3 Å². The summed E-state index contributed by atoms with van der Waals surface area (Å²) in [6, 6.07) is 0. The molecule has 106 valence electrons. The highest BCUT2D eigenvalue weighted by atomic mass is 16.5. The first-order chi connectivity index (χ1) is 8.35. The van der Waals surface area contributed by atoms with Gasteiger partial charge in [0.25, 0.3) is 0 Å². The number of carbonyl (C=O) groups is 1. The molecule has 1 aliphatic carbocycles. The molecule has 1 saturated carbocycles. The Hall–Kier alpha value is -0.570. The monoisotopic (exact) mass is 256 g/mol. The number of hydrogen-bond acceptors (Lipinski definition) is 3. The molecule has 0 spiro atoms. The van der Waals surface area contributed by atoms with Gasteiger partial charge in [0.05, 0.1) is 6.61 Å². The van der Waals surface area contributed by atoms with Gasteiger partial charge in [-0.2, -0.15) is 0 Å². The van der Waals surface area contributed by atoms with E-state index in [0.29, 0.717) is 18.4 Å². The molecule has 0 amide bonds. The van der Waals surface area contributed by atoms with E-state index in [2.05, 4.69) is 13.8 Å². The molecular formula is C15H28O3. The molecule has 18 heavy (non-hydrogen) atoms. The van der Waals surface area contributed by atoms with Crippen molar-refractivity contribution in [2.24, 2.45) is 11.3 Å². The van der Waals surface area contributed by atoms with Crippen LogP contribution in [0.25, 0.3) is 0 Å². The van der Waals surface area contributed by atoms with Crippen molar-refractivity contribution in [3.8, 4) is 0 Å². The Morgan fingerprint density at radius 3 is 2.33 bits per heavy atom. The lowest BCUT2D eigenvalue weighted by Gasteiger charge is -2.41. The second-order valence-corrected chi connectivity index (χ2v) is 6.33. The summed E-state index contributed by atoms with van der Waals surface area (Å²) in [6.45, 7) is 8.63. The van der Waals surface area contributed by atoms with Gasteiger partial charge in [0.1, 0.15) is 0 Å². The zero-order valence-corrected chi connectivity index (χ0v) is 12.3. The normalized spacial score (nSPS) is 23.4. The zero-order valence-electron chi connectivity index (χ0n) is 12.3. The summed E-state index contributed by atoms with van der Waals surface area (Å²) in [7, 11) is 0. The fourth-order valence-electron chi connectivity index (χ4n) is 2.99. The summed E-state index contributed by atoms with van der Waals surface area (Å²) < 4.78 is 5.08. The lowest BCUT2D eigenvalue weighted by atomic mass is 9.67. The summed E-state index contributed by atoms with van der Waals surface area (Å²) in [6.07, 6.45) is 5.29. The standard InChI is InChI=1S/C15H28O3/c1-5-9-15(17,13(16)18-6-2)12-7-10-14(3,4)11-8-12/h12,17H,5-11H2,1-4H3. The molecule has 0 aromatic carbocycles. The van der Waals surface area contributed by atoms with Gasteiger partial charge in [0.2, 0.25) is 0 Å². The minimum absolute atomic E-state index is 0.0597. The molecule has 1 aliphatic rings. The number of ether oxygens (including phenoxy) is 1. The Morgan fingerprint density at radius 2 is 1.89 bits per heavy atom. The van der Waals surface area contributed by atoms with Crippen molar-refractivity contribution >= 4 is 5.97 Å². The summed E-state index contributed by atoms with van der Waals surface area (Å²) in [4.78, 5) is 12.0. The molecule has 0 bridgehead atoms. The number of hydrogen-bond donors (Lipinski definition) is 1. The smallest absolute Gasteiger partial charge is 0.338 e. The van der Waals surface area contributed by atoms with E-state index in [1.54, 1.807) is 6.92 Å². The largest absolute Gasteiger partial charge is 0.464 e. The molecule has 0 heterocycles. The van der Waals surface area contributed by atoms with Crippen LogP contribution in [-0.2, 0) is 9.53 Å². The molecule has 1 N–H and O–H groups in total. The molecule has 0 aromatic heterocycles.